The van der Waals surface area contributed by atoms with Gasteiger partial charge in [-0.3, -0.25) is 4.79 Å². The molecule has 5 nitrogen and oxygen atoms in total. The van der Waals surface area contributed by atoms with E-state index in [0.29, 0.717) is 10.7 Å². The Morgan fingerprint density at radius 2 is 1.61 bits per heavy atom. The third-order valence-corrected chi connectivity index (χ3v) is 6.93. The van der Waals surface area contributed by atoms with E-state index in [1.807, 2.05) is 63.2 Å². The average molecular weight is 457 g/mol. The van der Waals surface area contributed by atoms with Crippen LogP contribution in [-0.4, -0.2) is 25.2 Å². The number of nitrogens with zero attached hydrogens (tertiary/aromatic N) is 1. The number of rotatable bonds is 7. The zero-order valence-electron chi connectivity index (χ0n) is 17.7. The Hall–Kier alpha value is -2.67. The van der Waals surface area contributed by atoms with Crippen LogP contribution in [0.2, 0.25) is 5.02 Å². The van der Waals surface area contributed by atoms with E-state index >= 15 is 0 Å². The summed E-state index contributed by atoms with van der Waals surface area (Å²) in [6.07, 6.45) is 0. The normalized spacial score (nSPS) is 11.5. The van der Waals surface area contributed by atoms with E-state index in [1.54, 1.807) is 0 Å². The van der Waals surface area contributed by atoms with Crippen molar-refractivity contribution in [1.29, 1.82) is 0 Å². The molecule has 0 saturated carbocycles. The van der Waals surface area contributed by atoms with Crippen LogP contribution < -0.4 is 5.32 Å². The summed E-state index contributed by atoms with van der Waals surface area (Å²) in [6.45, 7) is 5.58. The summed E-state index contributed by atoms with van der Waals surface area (Å²) < 4.78 is 27.9. The van der Waals surface area contributed by atoms with Crippen LogP contribution in [0.15, 0.2) is 71.6 Å². The number of amides is 1. The number of benzene rings is 3. The van der Waals surface area contributed by atoms with E-state index in [1.165, 1.54) is 28.6 Å². The smallest absolute Gasteiger partial charge is 0.243 e. The highest BCUT2D eigenvalue weighted by atomic mass is 35.5. The molecule has 0 spiro atoms. The van der Waals surface area contributed by atoms with Crippen LogP contribution in [0.1, 0.15) is 22.3 Å². The minimum atomic E-state index is -3.92. The van der Waals surface area contributed by atoms with Gasteiger partial charge >= 0.3 is 0 Å². The monoisotopic (exact) mass is 456 g/mol. The highest BCUT2D eigenvalue weighted by molar-refractivity contribution is 7.89. The van der Waals surface area contributed by atoms with Gasteiger partial charge in [0.2, 0.25) is 15.9 Å². The van der Waals surface area contributed by atoms with Gasteiger partial charge < -0.3 is 5.32 Å². The molecular weight excluding hydrogens is 432 g/mol. The van der Waals surface area contributed by atoms with Crippen molar-refractivity contribution in [2.45, 2.75) is 32.2 Å². The van der Waals surface area contributed by atoms with Crippen LogP contribution in [0, 0.1) is 20.8 Å². The van der Waals surface area contributed by atoms with Gasteiger partial charge in [0.15, 0.2) is 0 Å². The Morgan fingerprint density at radius 1 is 0.935 bits per heavy atom. The zero-order valence-corrected chi connectivity index (χ0v) is 19.3. The lowest BCUT2D eigenvalue weighted by atomic mass is 10.1. The standard InChI is InChI=1S/C24H25ClN2O3S/c1-17-5-4-6-20(14-17)15-27(31(29,30)22-10-8-21(25)9-11-22)16-24(28)26-23-12-7-18(2)13-19(23)3/h4-14H,15-16H2,1-3H3,(H,26,28). The maximum absolute atomic E-state index is 13.3. The maximum atomic E-state index is 13.3. The summed E-state index contributed by atoms with van der Waals surface area (Å²) in [7, 11) is -3.92. The fraction of sp³-hybridized carbons (Fsp3) is 0.208. The molecular formula is C24H25ClN2O3S. The Kier molecular flexibility index (Phi) is 7.15. The number of carbonyl (C=O) groups is 1. The number of halogens is 1. The largest absolute Gasteiger partial charge is 0.325 e. The summed E-state index contributed by atoms with van der Waals surface area (Å²) in [6, 6.07) is 19.2. The minimum absolute atomic E-state index is 0.0763. The molecule has 0 unspecified atom stereocenters. The molecule has 0 fully saturated rings. The van der Waals surface area contributed by atoms with Gasteiger partial charge in [-0.25, -0.2) is 8.42 Å². The number of anilines is 1. The number of hydrogen-bond donors (Lipinski definition) is 1. The van der Waals surface area contributed by atoms with Gasteiger partial charge in [0.05, 0.1) is 11.4 Å². The number of hydrogen-bond acceptors (Lipinski definition) is 3. The SMILES string of the molecule is Cc1cccc(CN(CC(=O)Nc2ccc(C)cc2C)S(=O)(=O)c2ccc(Cl)cc2)c1. The van der Waals surface area contributed by atoms with E-state index in [4.69, 9.17) is 11.6 Å². The summed E-state index contributed by atoms with van der Waals surface area (Å²) in [5.74, 6) is -0.405. The summed E-state index contributed by atoms with van der Waals surface area (Å²) in [5.41, 5.74) is 4.48. The van der Waals surface area contributed by atoms with Crippen molar-refractivity contribution in [1.82, 2.24) is 4.31 Å². The second-order valence-corrected chi connectivity index (χ2v) is 9.96. The summed E-state index contributed by atoms with van der Waals surface area (Å²) >= 11 is 5.92. The molecule has 7 heteroatoms. The van der Waals surface area contributed by atoms with Gasteiger partial charge in [-0.1, -0.05) is 59.1 Å². The lowest BCUT2D eigenvalue weighted by Crippen LogP contribution is -2.37. The predicted molar refractivity (Wildman–Crippen MR) is 125 cm³/mol. The summed E-state index contributed by atoms with van der Waals surface area (Å²) in [5, 5.41) is 3.27. The number of sulfonamides is 1. The van der Waals surface area contributed by atoms with Crippen LogP contribution in [-0.2, 0) is 21.4 Å². The van der Waals surface area contributed by atoms with Crippen LogP contribution in [0.3, 0.4) is 0 Å². The summed E-state index contributed by atoms with van der Waals surface area (Å²) in [4.78, 5) is 12.9. The Bertz CT molecular complexity index is 1190. The van der Waals surface area contributed by atoms with Crippen molar-refractivity contribution in [3.05, 3.63) is 94.0 Å². The molecule has 0 aliphatic heterocycles. The predicted octanol–water partition coefficient (Wildman–Crippen LogP) is 5.09. The van der Waals surface area contributed by atoms with Crippen molar-refractivity contribution in [3.8, 4) is 0 Å². The number of aryl methyl sites for hydroxylation is 3. The Morgan fingerprint density at radius 3 is 2.26 bits per heavy atom. The van der Waals surface area contributed by atoms with Gasteiger partial charge in [0, 0.05) is 17.3 Å². The fourth-order valence-corrected chi connectivity index (χ4v) is 4.81. The molecule has 0 saturated heterocycles. The Labute approximate surface area is 188 Å². The van der Waals surface area contributed by atoms with Gasteiger partial charge in [0.1, 0.15) is 0 Å². The molecule has 0 atom stereocenters. The average Bonchev–Trinajstić information content (AvgIpc) is 2.70. The molecule has 3 aromatic carbocycles. The highest BCUT2D eigenvalue weighted by Gasteiger charge is 2.27. The Balaban J connectivity index is 1.89. The van der Waals surface area contributed by atoms with Gasteiger partial charge in [-0.05, 0) is 62.2 Å². The van der Waals surface area contributed by atoms with Crippen molar-refractivity contribution < 1.29 is 13.2 Å². The molecule has 1 N–H and O–H groups in total. The maximum Gasteiger partial charge on any atom is 0.243 e. The molecule has 0 aliphatic rings. The van der Waals surface area contributed by atoms with Gasteiger partial charge in [0.25, 0.3) is 0 Å². The minimum Gasteiger partial charge on any atom is -0.325 e. The molecule has 162 valence electrons. The molecule has 1 amide bonds. The first-order chi connectivity index (χ1) is 14.6. The molecule has 0 radical (unpaired) electrons. The van der Waals surface area contributed by atoms with Crippen LogP contribution in [0.5, 0.6) is 0 Å². The van der Waals surface area contributed by atoms with Crippen molar-refractivity contribution in [2.24, 2.45) is 0 Å². The van der Waals surface area contributed by atoms with Crippen molar-refractivity contribution >= 4 is 33.2 Å². The first-order valence-corrected chi connectivity index (χ1v) is 11.7. The highest BCUT2D eigenvalue weighted by Crippen LogP contribution is 2.22. The van der Waals surface area contributed by atoms with Crippen molar-refractivity contribution in [3.63, 3.8) is 0 Å². The second-order valence-electron chi connectivity index (χ2n) is 7.58. The third-order valence-electron chi connectivity index (χ3n) is 4.87. The first kappa shape index (κ1) is 23.0. The van der Waals surface area contributed by atoms with Gasteiger partial charge in [-0.15, -0.1) is 0 Å². The topological polar surface area (TPSA) is 66.5 Å². The zero-order chi connectivity index (χ0) is 22.6. The van der Waals surface area contributed by atoms with Crippen LogP contribution >= 0.6 is 11.6 Å². The number of nitrogens with one attached hydrogen (secondary N) is 1. The second kappa shape index (κ2) is 9.64. The van der Waals surface area contributed by atoms with E-state index in [-0.39, 0.29) is 18.0 Å². The van der Waals surface area contributed by atoms with Crippen molar-refractivity contribution in [2.75, 3.05) is 11.9 Å². The molecule has 0 heterocycles. The fourth-order valence-electron chi connectivity index (χ4n) is 3.30. The first-order valence-electron chi connectivity index (χ1n) is 9.83. The lowest BCUT2D eigenvalue weighted by molar-refractivity contribution is -0.116. The lowest BCUT2D eigenvalue weighted by Gasteiger charge is -2.22. The van der Waals surface area contributed by atoms with E-state index in [9.17, 15) is 13.2 Å². The van der Waals surface area contributed by atoms with Gasteiger partial charge in [-0.2, -0.15) is 4.31 Å². The molecule has 0 aromatic heterocycles. The molecule has 3 aromatic rings. The van der Waals surface area contributed by atoms with E-state index < -0.39 is 15.9 Å². The molecule has 31 heavy (non-hydrogen) atoms. The molecule has 3 rings (SSSR count). The molecule has 0 bridgehead atoms. The van der Waals surface area contributed by atoms with Crippen LogP contribution in [0.25, 0.3) is 0 Å². The third kappa shape index (κ3) is 5.94. The van der Waals surface area contributed by atoms with Crippen LogP contribution in [0.4, 0.5) is 5.69 Å². The van der Waals surface area contributed by atoms with E-state index in [2.05, 4.69) is 5.32 Å². The quantitative estimate of drug-likeness (QED) is 0.538. The number of carbonyl (C=O) groups excluding carboxylic acids is 1. The van der Waals surface area contributed by atoms with E-state index in [0.717, 1.165) is 22.3 Å². The molecule has 0 aliphatic carbocycles.